The van der Waals surface area contributed by atoms with Gasteiger partial charge >= 0.3 is 5.97 Å². The summed E-state index contributed by atoms with van der Waals surface area (Å²) in [6.07, 6.45) is 15.1. The van der Waals surface area contributed by atoms with Crippen LogP contribution in [0.25, 0.3) is 0 Å². The lowest BCUT2D eigenvalue weighted by Gasteiger charge is -2.13. The fourth-order valence-corrected chi connectivity index (χ4v) is 3.69. The van der Waals surface area contributed by atoms with Crippen LogP contribution < -0.4 is 0 Å². The van der Waals surface area contributed by atoms with E-state index in [1.807, 2.05) is 0 Å². The summed E-state index contributed by atoms with van der Waals surface area (Å²) >= 11 is 0. The van der Waals surface area contributed by atoms with E-state index in [1.165, 1.54) is 70.6 Å². The molecule has 0 saturated carbocycles. The molecule has 0 bridgehead atoms. The molecule has 31 heavy (non-hydrogen) atoms. The predicted octanol–water partition coefficient (Wildman–Crippen LogP) is 4.49. The van der Waals surface area contributed by atoms with E-state index >= 15 is 0 Å². The SMILES string of the molecule is CCCCCCCCCCCCCCCCC(=O)COC1=C(O)[C@@H]([C@@H](O)CO)OC1=O. The monoisotopic (exact) mass is 442 g/mol. The van der Waals surface area contributed by atoms with Crippen molar-refractivity contribution in [2.45, 2.75) is 115 Å². The van der Waals surface area contributed by atoms with Gasteiger partial charge in [-0.2, -0.15) is 0 Å². The van der Waals surface area contributed by atoms with Crippen LogP contribution in [0.5, 0.6) is 0 Å². The molecule has 0 spiro atoms. The van der Waals surface area contributed by atoms with E-state index in [1.54, 1.807) is 0 Å². The van der Waals surface area contributed by atoms with E-state index in [2.05, 4.69) is 6.92 Å². The van der Waals surface area contributed by atoms with E-state index in [0.29, 0.717) is 6.42 Å². The van der Waals surface area contributed by atoms with Gasteiger partial charge in [-0.15, -0.1) is 0 Å². The van der Waals surface area contributed by atoms with Gasteiger partial charge < -0.3 is 24.8 Å². The molecule has 0 saturated heterocycles. The van der Waals surface area contributed by atoms with Gasteiger partial charge in [0, 0.05) is 6.42 Å². The highest BCUT2D eigenvalue weighted by molar-refractivity contribution is 5.90. The Balaban J connectivity index is 1.98. The molecule has 0 aromatic heterocycles. The molecule has 1 aliphatic heterocycles. The summed E-state index contributed by atoms with van der Waals surface area (Å²) in [5, 5.41) is 28.3. The van der Waals surface area contributed by atoms with Gasteiger partial charge in [0.25, 0.3) is 0 Å². The maximum atomic E-state index is 11.9. The molecule has 7 nitrogen and oxygen atoms in total. The third-order valence-corrected chi connectivity index (χ3v) is 5.64. The maximum Gasteiger partial charge on any atom is 0.378 e. The third kappa shape index (κ3) is 11.5. The number of carbonyl (C=O) groups excluding carboxylic acids is 2. The molecule has 0 unspecified atom stereocenters. The predicted molar refractivity (Wildman–Crippen MR) is 119 cm³/mol. The van der Waals surface area contributed by atoms with E-state index in [9.17, 15) is 19.8 Å². The Morgan fingerprint density at radius 2 is 1.42 bits per heavy atom. The summed E-state index contributed by atoms with van der Waals surface area (Å²) < 4.78 is 9.85. The first-order valence-electron chi connectivity index (χ1n) is 12.1. The number of carbonyl (C=O) groups is 2. The first-order valence-corrected chi connectivity index (χ1v) is 12.1. The van der Waals surface area contributed by atoms with Gasteiger partial charge in [-0.25, -0.2) is 4.79 Å². The Labute approximate surface area is 186 Å². The summed E-state index contributed by atoms with van der Waals surface area (Å²) in [6.45, 7) is 1.25. The van der Waals surface area contributed by atoms with Crippen molar-refractivity contribution in [3.05, 3.63) is 11.5 Å². The van der Waals surface area contributed by atoms with Crippen molar-refractivity contribution in [1.82, 2.24) is 0 Å². The Morgan fingerprint density at radius 1 is 0.935 bits per heavy atom. The maximum absolute atomic E-state index is 11.9. The second-order valence-corrected chi connectivity index (χ2v) is 8.46. The van der Waals surface area contributed by atoms with Gasteiger partial charge in [-0.05, 0) is 6.42 Å². The van der Waals surface area contributed by atoms with E-state index in [0.717, 1.165) is 19.3 Å². The van der Waals surface area contributed by atoms with Gasteiger partial charge in [0.1, 0.15) is 12.7 Å². The largest absolute Gasteiger partial charge is 0.505 e. The molecule has 1 heterocycles. The van der Waals surface area contributed by atoms with E-state index < -0.39 is 36.3 Å². The minimum absolute atomic E-state index is 0.154. The number of unbranched alkanes of at least 4 members (excludes halogenated alkanes) is 13. The first kappa shape index (κ1) is 27.4. The summed E-state index contributed by atoms with van der Waals surface area (Å²) in [7, 11) is 0. The quantitative estimate of drug-likeness (QED) is 0.188. The summed E-state index contributed by atoms with van der Waals surface area (Å²) in [6, 6.07) is 0. The van der Waals surface area contributed by atoms with Crippen LogP contribution in [0.2, 0.25) is 0 Å². The second kappa shape index (κ2) is 17.0. The highest BCUT2D eigenvalue weighted by Crippen LogP contribution is 2.24. The van der Waals surface area contributed by atoms with Crippen molar-refractivity contribution in [3.63, 3.8) is 0 Å². The molecule has 0 amide bonds. The number of hydrogen-bond acceptors (Lipinski definition) is 7. The zero-order valence-electron chi connectivity index (χ0n) is 19.2. The summed E-state index contributed by atoms with van der Waals surface area (Å²) in [4.78, 5) is 23.6. The van der Waals surface area contributed by atoms with Crippen LogP contribution in [0.4, 0.5) is 0 Å². The number of ether oxygens (including phenoxy) is 2. The fourth-order valence-electron chi connectivity index (χ4n) is 3.69. The third-order valence-electron chi connectivity index (χ3n) is 5.64. The lowest BCUT2D eigenvalue weighted by Crippen LogP contribution is -2.31. The molecular formula is C24H42O7. The van der Waals surface area contributed by atoms with Crippen molar-refractivity contribution in [2.24, 2.45) is 0 Å². The molecule has 1 aliphatic rings. The van der Waals surface area contributed by atoms with E-state index in [-0.39, 0.29) is 12.4 Å². The molecule has 7 heteroatoms. The Bertz CT molecular complexity index is 544. The fraction of sp³-hybridized carbons (Fsp3) is 0.833. The van der Waals surface area contributed by atoms with Crippen molar-refractivity contribution >= 4 is 11.8 Å². The van der Waals surface area contributed by atoms with Gasteiger partial charge in [0.15, 0.2) is 17.6 Å². The molecular weight excluding hydrogens is 400 g/mol. The number of aliphatic hydroxyl groups is 3. The van der Waals surface area contributed by atoms with Crippen LogP contribution in [-0.2, 0) is 19.1 Å². The van der Waals surface area contributed by atoms with Gasteiger partial charge in [0.2, 0.25) is 5.76 Å². The number of ketones is 1. The molecule has 2 atom stereocenters. The standard InChI is InChI=1S/C24H42O7/c1-2-3-4-5-6-7-8-9-10-11-12-13-14-15-16-19(26)18-30-23-21(28)22(20(27)17-25)31-24(23)29/h20,22,25,27-28H,2-18H2,1H3/t20-,22+/m0/s1. The van der Waals surface area contributed by atoms with Crippen LogP contribution in [0.1, 0.15) is 103 Å². The number of esters is 1. The normalized spacial score (nSPS) is 17.1. The minimum Gasteiger partial charge on any atom is -0.505 e. The van der Waals surface area contributed by atoms with Crippen molar-refractivity contribution in [1.29, 1.82) is 0 Å². The molecule has 180 valence electrons. The summed E-state index contributed by atoms with van der Waals surface area (Å²) in [5.41, 5.74) is 0. The van der Waals surface area contributed by atoms with Crippen molar-refractivity contribution < 1.29 is 34.4 Å². The molecule has 3 N–H and O–H groups in total. The van der Waals surface area contributed by atoms with Crippen LogP contribution in [-0.4, -0.2) is 52.5 Å². The molecule has 1 rings (SSSR count). The second-order valence-electron chi connectivity index (χ2n) is 8.46. The average molecular weight is 443 g/mol. The van der Waals surface area contributed by atoms with Crippen LogP contribution >= 0.6 is 0 Å². The van der Waals surface area contributed by atoms with Crippen LogP contribution in [0.3, 0.4) is 0 Å². The summed E-state index contributed by atoms with van der Waals surface area (Å²) in [5.74, 6) is -2.15. The highest BCUT2D eigenvalue weighted by Gasteiger charge is 2.40. The molecule has 0 aromatic rings. The molecule has 0 radical (unpaired) electrons. The number of hydrogen-bond donors (Lipinski definition) is 3. The Hall–Kier alpha value is -1.60. The van der Waals surface area contributed by atoms with Gasteiger partial charge in [-0.3, -0.25) is 4.79 Å². The Morgan fingerprint density at radius 3 is 1.90 bits per heavy atom. The first-order chi connectivity index (χ1) is 15.0. The molecule has 0 fully saturated rings. The zero-order valence-corrected chi connectivity index (χ0v) is 19.2. The van der Waals surface area contributed by atoms with Crippen molar-refractivity contribution in [3.8, 4) is 0 Å². The smallest absolute Gasteiger partial charge is 0.378 e. The zero-order chi connectivity index (χ0) is 22.9. The molecule has 0 aromatic carbocycles. The van der Waals surface area contributed by atoms with Crippen molar-refractivity contribution in [2.75, 3.05) is 13.2 Å². The topological polar surface area (TPSA) is 113 Å². The van der Waals surface area contributed by atoms with Gasteiger partial charge in [-0.1, -0.05) is 90.4 Å². The van der Waals surface area contributed by atoms with Gasteiger partial charge in [0.05, 0.1) is 6.61 Å². The highest BCUT2D eigenvalue weighted by atomic mass is 16.6. The van der Waals surface area contributed by atoms with Crippen LogP contribution in [0, 0.1) is 0 Å². The minimum atomic E-state index is -1.43. The molecule has 0 aliphatic carbocycles. The average Bonchev–Trinajstić information content (AvgIpc) is 3.05. The number of rotatable bonds is 20. The Kier molecular flexibility index (Phi) is 15.1. The number of cyclic esters (lactones) is 1. The van der Waals surface area contributed by atoms with Crippen LogP contribution in [0.15, 0.2) is 11.5 Å². The number of aliphatic hydroxyl groups excluding tert-OH is 3. The van der Waals surface area contributed by atoms with E-state index in [4.69, 9.17) is 14.6 Å². The lowest BCUT2D eigenvalue weighted by atomic mass is 10.0. The number of Topliss-reactive ketones (excluding diaryl/α,β-unsaturated/α-hetero) is 1. The lowest BCUT2D eigenvalue weighted by molar-refractivity contribution is -0.148.